The maximum Gasteiger partial charge on any atom is 0.338 e. The van der Waals surface area contributed by atoms with E-state index >= 15 is 0 Å². The summed E-state index contributed by atoms with van der Waals surface area (Å²) >= 11 is 0. The molecule has 1 heterocycles. The Kier molecular flexibility index (Phi) is 6.60. The van der Waals surface area contributed by atoms with E-state index in [1.807, 2.05) is 0 Å². The highest BCUT2D eigenvalue weighted by atomic mass is 19.1. The lowest BCUT2D eigenvalue weighted by atomic mass is 10.1. The van der Waals surface area contributed by atoms with Crippen molar-refractivity contribution in [2.24, 2.45) is 0 Å². The molecule has 0 radical (unpaired) electrons. The summed E-state index contributed by atoms with van der Waals surface area (Å²) < 4.78 is 34.6. The van der Waals surface area contributed by atoms with Crippen LogP contribution in [0, 0.1) is 5.82 Å². The number of rotatable bonds is 8. The van der Waals surface area contributed by atoms with Crippen molar-refractivity contribution in [1.29, 1.82) is 0 Å². The number of carbonyl (C=O) groups is 2. The molecule has 1 fully saturated rings. The van der Waals surface area contributed by atoms with Gasteiger partial charge in [0.2, 0.25) is 0 Å². The van der Waals surface area contributed by atoms with Gasteiger partial charge in [-0.15, -0.1) is 0 Å². The molecule has 0 aliphatic carbocycles. The van der Waals surface area contributed by atoms with Gasteiger partial charge in [-0.25, -0.2) is 9.18 Å². The molecule has 28 heavy (non-hydrogen) atoms. The number of hydrogen-bond acceptors (Lipinski definition) is 6. The van der Waals surface area contributed by atoms with E-state index < -0.39 is 24.2 Å². The highest BCUT2D eigenvalue weighted by Crippen LogP contribution is 2.19. The number of carbonyl (C=O) groups excluding carboxylic acids is 2. The molecule has 1 saturated heterocycles. The highest BCUT2D eigenvalue weighted by Gasteiger charge is 2.17. The normalized spacial score (nSPS) is 15.9. The Morgan fingerprint density at radius 3 is 2.54 bits per heavy atom. The smallest absolute Gasteiger partial charge is 0.338 e. The van der Waals surface area contributed by atoms with Gasteiger partial charge in [-0.3, -0.25) is 4.79 Å². The van der Waals surface area contributed by atoms with Crippen LogP contribution in [0.2, 0.25) is 0 Å². The average molecular weight is 388 g/mol. The van der Waals surface area contributed by atoms with E-state index in [-0.39, 0.29) is 23.0 Å². The molecular formula is C21H21FO6. The van der Waals surface area contributed by atoms with Crippen LogP contribution in [0.15, 0.2) is 42.5 Å². The van der Waals surface area contributed by atoms with E-state index in [0.29, 0.717) is 12.4 Å². The van der Waals surface area contributed by atoms with Crippen LogP contribution in [0.4, 0.5) is 4.39 Å². The summed E-state index contributed by atoms with van der Waals surface area (Å²) in [5, 5.41) is 0. The molecule has 3 rings (SSSR count). The van der Waals surface area contributed by atoms with Crippen LogP contribution in [0.3, 0.4) is 0 Å². The van der Waals surface area contributed by atoms with Crippen LogP contribution < -0.4 is 9.47 Å². The molecule has 7 heteroatoms. The molecule has 148 valence electrons. The summed E-state index contributed by atoms with van der Waals surface area (Å²) in [5.74, 6) is -1.15. The highest BCUT2D eigenvalue weighted by molar-refractivity contribution is 5.99. The lowest BCUT2D eigenvalue weighted by Gasteiger charge is -2.11. The van der Waals surface area contributed by atoms with Gasteiger partial charge in [-0.1, -0.05) is 0 Å². The van der Waals surface area contributed by atoms with Gasteiger partial charge in [-0.2, -0.15) is 0 Å². The SMILES string of the molecule is COc1ccc(C(=O)COC(=O)c2ccc(OCC3CCCO3)cc2)cc1F. The molecule has 0 bridgehead atoms. The predicted octanol–water partition coefficient (Wildman–Crippen LogP) is 3.43. The van der Waals surface area contributed by atoms with Gasteiger partial charge < -0.3 is 18.9 Å². The molecule has 0 spiro atoms. The molecule has 2 aromatic carbocycles. The first-order chi connectivity index (χ1) is 13.6. The number of ketones is 1. The summed E-state index contributed by atoms with van der Waals surface area (Å²) in [6.07, 6.45) is 2.13. The fraction of sp³-hybridized carbons (Fsp3) is 0.333. The van der Waals surface area contributed by atoms with Crippen molar-refractivity contribution in [3.63, 3.8) is 0 Å². The third-order valence-corrected chi connectivity index (χ3v) is 4.36. The number of benzene rings is 2. The average Bonchev–Trinajstić information content (AvgIpc) is 3.24. The molecule has 6 nitrogen and oxygen atoms in total. The van der Waals surface area contributed by atoms with Crippen molar-refractivity contribution < 1.29 is 32.9 Å². The molecule has 2 aromatic rings. The fourth-order valence-corrected chi connectivity index (χ4v) is 2.79. The molecule has 0 amide bonds. The second-order valence-electron chi connectivity index (χ2n) is 6.32. The van der Waals surface area contributed by atoms with E-state index in [4.69, 9.17) is 18.9 Å². The Morgan fingerprint density at radius 2 is 1.89 bits per heavy atom. The van der Waals surface area contributed by atoms with Gasteiger partial charge in [-0.05, 0) is 55.3 Å². The van der Waals surface area contributed by atoms with Gasteiger partial charge in [0.1, 0.15) is 12.4 Å². The van der Waals surface area contributed by atoms with Crippen LogP contribution in [-0.4, -0.2) is 44.8 Å². The van der Waals surface area contributed by atoms with Gasteiger partial charge >= 0.3 is 5.97 Å². The zero-order valence-electron chi connectivity index (χ0n) is 15.5. The predicted molar refractivity (Wildman–Crippen MR) is 98.5 cm³/mol. The van der Waals surface area contributed by atoms with Crippen LogP contribution in [-0.2, 0) is 9.47 Å². The zero-order chi connectivity index (χ0) is 19.9. The van der Waals surface area contributed by atoms with Crippen molar-refractivity contribution >= 4 is 11.8 Å². The van der Waals surface area contributed by atoms with Crippen LogP contribution in [0.5, 0.6) is 11.5 Å². The second kappa shape index (κ2) is 9.32. The van der Waals surface area contributed by atoms with Crippen LogP contribution in [0.25, 0.3) is 0 Å². The van der Waals surface area contributed by atoms with E-state index in [1.54, 1.807) is 24.3 Å². The first kappa shape index (κ1) is 19.8. The minimum Gasteiger partial charge on any atom is -0.494 e. The molecule has 0 saturated carbocycles. The third kappa shape index (κ3) is 5.07. The summed E-state index contributed by atoms with van der Waals surface area (Å²) in [6, 6.07) is 10.3. The van der Waals surface area contributed by atoms with Crippen molar-refractivity contribution in [1.82, 2.24) is 0 Å². The molecule has 0 N–H and O–H groups in total. The van der Waals surface area contributed by atoms with Crippen molar-refractivity contribution in [3.8, 4) is 11.5 Å². The lowest BCUT2D eigenvalue weighted by Crippen LogP contribution is -2.16. The topological polar surface area (TPSA) is 71.1 Å². The zero-order valence-corrected chi connectivity index (χ0v) is 15.5. The van der Waals surface area contributed by atoms with E-state index in [2.05, 4.69) is 0 Å². The first-order valence-electron chi connectivity index (χ1n) is 8.95. The number of halogens is 1. The Hall–Kier alpha value is -2.93. The minimum absolute atomic E-state index is 0.0374. The lowest BCUT2D eigenvalue weighted by molar-refractivity contribution is 0.0474. The van der Waals surface area contributed by atoms with Crippen LogP contribution >= 0.6 is 0 Å². The number of hydrogen-bond donors (Lipinski definition) is 0. The summed E-state index contributed by atoms with van der Waals surface area (Å²) in [7, 11) is 1.33. The van der Waals surface area contributed by atoms with E-state index in [1.165, 1.54) is 19.2 Å². The number of methoxy groups -OCH3 is 1. The van der Waals surface area contributed by atoms with Crippen LogP contribution in [0.1, 0.15) is 33.6 Å². The summed E-state index contributed by atoms with van der Waals surface area (Å²) in [6.45, 7) is 0.749. The van der Waals surface area contributed by atoms with Crippen molar-refractivity contribution in [3.05, 3.63) is 59.4 Å². The second-order valence-corrected chi connectivity index (χ2v) is 6.32. The number of ether oxygens (including phenoxy) is 4. The van der Waals surface area contributed by atoms with Gasteiger partial charge in [0, 0.05) is 12.2 Å². The molecule has 1 unspecified atom stereocenters. The standard InChI is InChI=1S/C21H21FO6/c1-25-20-9-6-15(11-18(20)22)19(23)13-28-21(24)14-4-7-16(8-5-14)27-12-17-3-2-10-26-17/h4-9,11,17H,2-3,10,12-13H2,1H3. The Balaban J connectivity index is 1.50. The largest absolute Gasteiger partial charge is 0.494 e. The monoisotopic (exact) mass is 388 g/mol. The van der Waals surface area contributed by atoms with Gasteiger partial charge in [0.25, 0.3) is 0 Å². The number of esters is 1. The summed E-state index contributed by atoms with van der Waals surface area (Å²) in [5.41, 5.74) is 0.391. The minimum atomic E-state index is -0.654. The van der Waals surface area contributed by atoms with Gasteiger partial charge in [0.05, 0.1) is 18.8 Å². The van der Waals surface area contributed by atoms with Crippen molar-refractivity contribution in [2.45, 2.75) is 18.9 Å². The molecular weight excluding hydrogens is 367 g/mol. The molecule has 1 aliphatic rings. The third-order valence-electron chi connectivity index (χ3n) is 4.36. The Labute approximate surface area is 162 Å². The maximum atomic E-state index is 13.7. The molecule has 0 aromatic heterocycles. The maximum absolute atomic E-state index is 13.7. The molecule has 1 atom stereocenters. The summed E-state index contributed by atoms with van der Waals surface area (Å²) in [4.78, 5) is 24.2. The van der Waals surface area contributed by atoms with E-state index in [0.717, 1.165) is 25.5 Å². The Bertz CT molecular complexity index is 827. The van der Waals surface area contributed by atoms with E-state index in [9.17, 15) is 14.0 Å². The van der Waals surface area contributed by atoms with Gasteiger partial charge in [0.15, 0.2) is 24.0 Å². The number of Topliss-reactive ketones (excluding diaryl/α,β-unsaturated/α-hetero) is 1. The fourth-order valence-electron chi connectivity index (χ4n) is 2.79. The Morgan fingerprint density at radius 1 is 1.14 bits per heavy atom. The quantitative estimate of drug-likeness (QED) is 0.510. The molecule has 1 aliphatic heterocycles. The van der Waals surface area contributed by atoms with Crippen molar-refractivity contribution in [2.75, 3.05) is 26.9 Å². The first-order valence-corrected chi connectivity index (χ1v) is 8.95.